The summed E-state index contributed by atoms with van der Waals surface area (Å²) in [7, 11) is 1.11. The van der Waals surface area contributed by atoms with Crippen LogP contribution in [0, 0.1) is 0 Å². The van der Waals surface area contributed by atoms with E-state index in [4.69, 9.17) is 4.43 Å². The molecule has 0 saturated heterocycles. The molecule has 3 heteroatoms. The van der Waals surface area contributed by atoms with Gasteiger partial charge in [0.15, 0.2) is 9.04 Å². The number of unbranched alkanes of at least 4 members (excludes halogenated alkanes) is 2. The van der Waals surface area contributed by atoms with Gasteiger partial charge in [-0.3, -0.25) is 0 Å². The highest BCUT2D eigenvalue weighted by atomic mass is 28.3. The lowest BCUT2D eigenvalue weighted by Crippen LogP contribution is -2.00. The number of rotatable bonds is 4. The zero-order valence-electron chi connectivity index (χ0n) is 8.09. The fourth-order valence-electron chi connectivity index (χ4n) is 0.287. The number of carbonyl (C=O) groups excluding carboxylic acids is 1. The number of aldehydes is 1. The Kier molecular flexibility index (Phi) is 15.3. The molecule has 0 aliphatic rings. The average Bonchev–Trinajstić information content (AvgIpc) is 2.02. The lowest BCUT2D eigenvalue weighted by Gasteiger charge is -1.92. The predicted molar refractivity (Wildman–Crippen MR) is 51.5 cm³/mol. The molecule has 0 saturated carbocycles. The molecule has 0 spiro atoms. The topological polar surface area (TPSA) is 26.3 Å². The van der Waals surface area contributed by atoms with Crippen LogP contribution in [0.3, 0.4) is 0 Å². The predicted octanol–water partition coefficient (Wildman–Crippen LogP) is 1.99. The van der Waals surface area contributed by atoms with Crippen LogP contribution in [0.25, 0.3) is 0 Å². The van der Waals surface area contributed by atoms with Crippen molar-refractivity contribution in [1.82, 2.24) is 0 Å². The van der Waals surface area contributed by atoms with Crippen LogP contribution in [0.15, 0.2) is 0 Å². The minimum atomic E-state index is -0.650. The van der Waals surface area contributed by atoms with Gasteiger partial charge in [-0.15, -0.1) is 0 Å². The Labute approximate surface area is 71.7 Å². The first-order chi connectivity index (χ1) is 5.18. The smallest absolute Gasteiger partial charge is 0.170 e. The monoisotopic (exact) mass is 176 g/mol. The zero-order valence-corrected chi connectivity index (χ0v) is 9.25. The molecule has 0 aromatic rings. The van der Waals surface area contributed by atoms with E-state index in [1.54, 1.807) is 7.11 Å². The van der Waals surface area contributed by atoms with Crippen LogP contribution in [0.1, 0.15) is 26.2 Å². The summed E-state index contributed by atoms with van der Waals surface area (Å²) in [6, 6.07) is 0. The minimum Gasteiger partial charge on any atom is -0.424 e. The van der Waals surface area contributed by atoms with Crippen molar-refractivity contribution in [2.24, 2.45) is 0 Å². The van der Waals surface area contributed by atoms with E-state index >= 15 is 0 Å². The summed E-state index contributed by atoms with van der Waals surface area (Å²) < 4.78 is 4.89. The van der Waals surface area contributed by atoms with Crippen molar-refractivity contribution in [3.8, 4) is 0 Å². The molecule has 0 aliphatic heterocycles. The van der Waals surface area contributed by atoms with Gasteiger partial charge in [0.05, 0.1) is 0 Å². The molecule has 0 unspecified atom stereocenters. The maximum atomic E-state index is 9.56. The number of carbonyl (C=O) groups is 1. The number of hydrogen-bond acceptors (Lipinski definition) is 2. The molecular weight excluding hydrogens is 156 g/mol. The van der Waals surface area contributed by atoms with Crippen molar-refractivity contribution in [3.05, 3.63) is 0 Å². The third-order valence-corrected chi connectivity index (χ3v) is 2.09. The van der Waals surface area contributed by atoms with Gasteiger partial charge < -0.3 is 9.22 Å². The van der Waals surface area contributed by atoms with Gasteiger partial charge in [0.25, 0.3) is 0 Å². The van der Waals surface area contributed by atoms with Crippen molar-refractivity contribution in [2.45, 2.75) is 39.3 Å². The van der Waals surface area contributed by atoms with Gasteiger partial charge in [-0.1, -0.05) is 13.3 Å². The Balaban J connectivity index is 0. The van der Waals surface area contributed by atoms with Crippen LogP contribution in [0.5, 0.6) is 0 Å². The largest absolute Gasteiger partial charge is 0.424 e. The van der Waals surface area contributed by atoms with E-state index in [0.717, 1.165) is 25.5 Å². The normalized spacial score (nSPS) is 8.82. The van der Waals surface area contributed by atoms with Crippen LogP contribution in [0.4, 0.5) is 0 Å². The number of hydrogen-bond donors (Lipinski definition) is 0. The van der Waals surface area contributed by atoms with Crippen LogP contribution < -0.4 is 0 Å². The fraction of sp³-hybridized carbons (Fsp3) is 0.875. The molecule has 0 fully saturated rings. The van der Waals surface area contributed by atoms with Crippen LogP contribution in [-0.4, -0.2) is 22.4 Å². The Morgan fingerprint density at radius 1 is 1.45 bits per heavy atom. The molecule has 0 aromatic carbocycles. The summed E-state index contributed by atoms with van der Waals surface area (Å²) in [5, 5.41) is 0. The van der Waals surface area contributed by atoms with Gasteiger partial charge in [-0.2, -0.15) is 0 Å². The fourth-order valence-corrected chi connectivity index (χ4v) is 0.287. The molecule has 11 heavy (non-hydrogen) atoms. The van der Waals surface area contributed by atoms with E-state index in [9.17, 15) is 4.79 Å². The quantitative estimate of drug-likeness (QED) is 0.372. The van der Waals surface area contributed by atoms with E-state index in [-0.39, 0.29) is 0 Å². The molecule has 0 aromatic heterocycles. The highest BCUT2D eigenvalue weighted by molar-refractivity contribution is 6.48. The van der Waals surface area contributed by atoms with Crippen molar-refractivity contribution >= 4 is 15.3 Å². The standard InChI is InChI=1S/C5H10O.C3H10OSi/c1-2-3-4-5-6;1-4-5(2)3/h5H,2-4H2,1H3;5H,1-3H3. The molecule has 0 aliphatic carbocycles. The molecule has 0 amide bonds. The first-order valence-corrected chi connectivity index (χ1v) is 6.93. The van der Waals surface area contributed by atoms with Crippen molar-refractivity contribution in [1.29, 1.82) is 0 Å². The van der Waals surface area contributed by atoms with Crippen molar-refractivity contribution < 1.29 is 9.22 Å². The van der Waals surface area contributed by atoms with Gasteiger partial charge in [0, 0.05) is 13.5 Å². The third kappa shape index (κ3) is 25.8. The second-order valence-corrected chi connectivity index (χ2v) is 5.16. The van der Waals surface area contributed by atoms with E-state index in [1.165, 1.54) is 0 Å². The van der Waals surface area contributed by atoms with E-state index in [1.807, 2.05) is 0 Å². The van der Waals surface area contributed by atoms with Gasteiger partial charge in [-0.05, 0) is 19.5 Å². The van der Waals surface area contributed by atoms with Crippen molar-refractivity contribution in [2.75, 3.05) is 7.11 Å². The summed E-state index contributed by atoms with van der Waals surface area (Å²) in [6.45, 7) is 6.35. The SMILES string of the molecule is CCCCC=O.CO[SiH](C)C. The summed E-state index contributed by atoms with van der Waals surface area (Å²) in [4.78, 5) is 9.56. The van der Waals surface area contributed by atoms with Gasteiger partial charge in [0.2, 0.25) is 0 Å². The van der Waals surface area contributed by atoms with Crippen LogP contribution in [-0.2, 0) is 9.22 Å². The highest BCUT2D eigenvalue weighted by Crippen LogP contribution is 1.87. The molecule has 0 N–H and O–H groups in total. The second-order valence-electron chi connectivity index (χ2n) is 2.59. The van der Waals surface area contributed by atoms with Gasteiger partial charge in [0.1, 0.15) is 6.29 Å². The zero-order chi connectivity index (χ0) is 9.11. The molecule has 2 nitrogen and oxygen atoms in total. The van der Waals surface area contributed by atoms with E-state index in [0.29, 0.717) is 0 Å². The Bertz CT molecular complexity index is 74.5. The summed E-state index contributed by atoms with van der Waals surface area (Å²) in [5.74, 6) is 0. The summed E-state index contributed by atoms with van der Waals surface area (Å²) in [6.07, 6.45) is 3.86. The molecular formula is C8H20O2Si. The van der Waals surface area contributed by atoms with E-state index in [2.05, 4.69) is 20.0 Å². The highest BCUT2D eigenvalue weighted by Gasteiger charge is 1.83. The van der Waals surface area contributed by atoms with Crippen LogP contribution in [0.2, 0.25) is 13.1 Å². The molecule has 0 radical (unpaired) electrons. The Morgan fingerprint density at radius 2 is 1.91 bits per heavy atom. The molecule has 0 atom stereocenters. The Morgan fingerprint density at radius 3 is 2.00 bits per heavy atom. The maximum Gasteiger partial charge on any atom is 0.170 e. The molecule has 0 bridgehead atoms. The van der Waals surface area contributed by atoms with E-state index < -0.39 is 9.04 Å². The summed E-state index contributed by atoms with van der Waals surface area (Å²) in [5.41, 5.74) is 0. The Hall–Kier alpha value is -0.153. The average molecular weight is 176 g/mol. The maximum absolute atomic E-state index is 9.56. The first kappa shape index (κ1) is 13.4. The molecule has 68 valence electrons. The lowest BCUT2D eigenvalue weighted by atomic mass is 10.3. The lowest BCUT2D eigenvalue weighted by molar-refractivity contribution is -0.107. The van der Waals surface area contributed by atoms with Crippen LogP contribution >= 0.6 is 0 Å². The second kappa shape index (κ2) is 12.5. The minimum absolute atomic E-state index is 0.650. The van der Waals surface area contributed by atoms with Crippen molar-refractivity contribution in [3.63, 3.8) is 0 Å². The summed E-state index contributed by atoms with van der Waals surface area (Å²) >= 11 is 0. The first-order valence-electron chi connectivity index (χ1n) is 4.15. The van der Waals surface area contributed by atoms with Gasteiger partial charge >= 0.3 is 0 Å². The molecule has 0 heterocycles. The molecule has 0 rings (SSSR count). The van der Waals surface area contributed by atoms with Gasteiger partial charge in [-0.25, -0.2) is 0 Å². The third-order valence-electron chi connectivity index (χ3n) is 1.15.